The zero-order chi connectivity index (χ0) is 9.52. The predicted octanol–water partition coefficient (Wildman–Crippen LogP) is 2.01. The van der Waals surface area contributed by atoms with Crippen LogP contribution in [0.4, 0.5) is 10.1 Å². The molecule has 0 saturated heterocycles. The van der Waals surface area contributed by atoms with E-state index in [1.54, 1.807) is 0 Å². The van der Waals surface area contributed by atoms with E-state index < -0.39 is 5.95 Å². The molecule has 0 aromatic carbocycles. The molecule has 0 atom stereocenters. The number of anilines is 1. The van der Waals surface area contributed by atoms with Gasteiger partial charge in [-0.15, -0.1) is 5.10 Å². The number of aromatic nitrogens is 2. The molecule has 1 rings (SSSR count). The quantitative estimate of drug-likeness (QED) is 0.682. The molecule has 0 amide bonds. The van der Waals surface area contributed by atoms with E-state index in [1.165, 1.54) is 4.68 Å². The molecule has 5 heteroatoms. The highest BCUT2D eigenvalue weighted by atomic mass is 35.5. The van der Waals surface area contributed by atoms with Crippen molar-refractivity contribution in [1.29, 1.82) is 0 Å². The van der Waals surface area contributed by atoms with E-state index in [4.69, 9.17) is 17.3 Å². The van der Waals surface area contributed by atoms with E-state index >= 15 is 0 Å². The van der Waals surface area contributed by atoms with Crippen molar-refractivity contribution in [3.63, 3.8) is 0 Å². The van der Waals surface area contributed by atoms with Gasteiger partial charge in [0.25, 0.3) is 5.95 Å². The van der Waals surface area contributed by atoms with Gasteiger partial charge in [0, 0.05) is 0 Å². The van der Waals surface area contributed by atoms with Crippen LogP contribution in [-0.4, -0.2) is 9.78 Å². The summed E-state index contributed by atoms with van der Waals surface area (Å²) in [6.07, 6.45) is 0. The van der Waals surface area contributed by atoms with E-state index in [0.29, 0.717) is 0 Å². The van der Waals surface area contributed by atoms with Crippen molar-refractivity contribution in [2.45, 2.75) is 26.3 Å². The van der Waals surface area contributed by atoms with Crippen LogP contribution >= 0.6 is 11.6 Å². The molecule has 12 heavy (non-hydrogen) atoms. The largest absolute Gasteiger partial charge is 0.392 e. The topological polar surface area (TPSA) is 43.8 Å². The lowest BCUT2D eigenvalue weighted by atomic mass is 10.1. The molecule has 0 fully saturated rings. The predicted molar refractivity (Wildman–Crippen MR) is 46.6 cm³/mol. The SMILES string of the molecule is CC(C)(C)n1nc(F)c(N)c1Cl. The van der Waals surface area contributed by atoms with Crippen LogP contribution in [0.5, 0.6) is 0 Å². The summed E-state index contributed by atoms with van der Waals surface area (Å²) in [7, 11) is 0. The summed E-state index contributed by atoms with van der Waals surface area (Å²) in [6.45, 7) is 5.60. The second-order valence-corrected chi connectivity index (χ2v) is 3.94. The Morgan fingerprint density at radius 2 is 2.00 bits per heavy atom. The van der Waals surface area contributed by atoms with E-state index in [9.17, 15) is 4.39 Å². The third-order valence-corrected chi connectivity index (χ3v) is 1.82. The summed E-state index contributed by atoms with van der Waals surface area (Å²) in [5.41, 5.74) is 4.87. The van der Waals surface area contributed by atoms with Crippen molar-refractivity contribution in [1.82, 2.24) is 9.78 Å². The molecule has 0 aliphatic heterocycles. The molecule has 1 aromatic rings. The molecule has 1 heterocycles. The number of rotatable bonds is 0. The zero-order valence-corrected chi connectivity index (χ0v) is 7.98. The number of hydrogen-bond donors (Lipinski definition) is 1. The maximum absolute atomic E-state index is 12.8. The number of nitrogen functional groups attached to an aromatic ring is 1. The first-order valence-electron chi connectivity index (χ1n) is 3.54. The highest BCUT2D eigenvalue weighted by molar-refractivity contribution is 6.32. The Bertz CT molecular complexity index is 300. The number of nitrogens with two attached hydrogens (primary N) is 1. The van der Waals surface area contributed by atoms with Gasteiger partial charge < -0.3 is 5.73 Å². The first-order valence-corrected chi connectivity index (χ1v) is 3.92. The highest BCUT2D eigenvalue weighted by Gasteiger charge is 2.22. The van der Waals surface area contributed by atoms with Gasteiger partial charge in [0.15, 0.2) is 5.15 Å². The Kier molecular flexibility index (Phi) is 2.04. The van der Waals surface area contributed by atoms with Gasteiger partial charge >= 0.3 is 0 Å². The molecule has 3 nitrogen and oxygen atoms in total. The van der Waals surface area contributed by atoms with Gasteiger partial charge in [-0.3, -0.25) is 0 Å². The first-order chi connectivity index (χ1) is 5.34. The van der Waals surface area contributed by atoms with E-state index in [2.05, 4.69) is 5.10 Å². The van der Waals surface area contributed by atoms with Crippen LogP contribution in [0.3, 0.4) is 0 Å². The monoisotopic (exact) mass is 191 g/mol. The second kappa shape index (κ2) is 2.62. The minimum atomic E-state index is -0.713. The molecular formula is C7H11ClFN3. The number of halogens is 2. The van der Waals surface area contributed by atoms with Crippen molar-refractivity contribution < 1.29 is 4.39 Å². The molecule has 2 N–H and O–H groups in total. The summed E-state index contributed by atoms with van der Waals surface area (Å²) in [5, 5.41) is 3.73. The van der Waals surface area contributed by atoms with E-state index in [-0.39, 0.29) is 16.4 Å². The summed E-state index contributed by atoms with van der Waals surface area (Å²) in [5.74, 6) is -0.713. The number of nitrogens with zero attached hydrogens (tertiary/aromatic N) is 2. The van der Waals surface area contributed by atoms with Gasteiger partial charge in [-0.2, -0.15) is 4.39 Å². The number of hydrogen-bond acceptors (Lipinski definition) is 2. The van der Waals surface area contributed by atoms with Crippen molar-refractivity contribution >= 4 is 17.3 Å². The summed E-state index contributed by atoms with van der Waals surface area (Å²) in [4.78, 5) is 0. The molecule has 0 aliphatic carbocycles. The maximum Gasteiger partial charge on any atom is 0.257 e. The van der Waals surface area contributed by atoms with Crippen LogP contribution in [-0.2, 0) is 5.54 Å². The lowest BCUT2D eigenvalue weighted by molar-refractivity contribution is 0.343. The van der Waals surface area contributed by atoms with Gasteiger partial charge in [0.2, 0.25) is 0 Å². The van der Waals surface area contributed by atoms with E-state index in [0.717, 1.165) is 0 Å². The molecule has 1 aromatic heterocycles. The van der Waals surface area contributed by atoms with Crippen molar-refractivity contribution in [3.8, 4) is 0 Å². The van der Waals surface area contributed by atoms with Crippen LogP contribution in [0.15, 0.2) is 0 Å². The van der Waals surface area contributed by atoms with Gasteiger partial charge in [-0.05, 0) is 20.8 Å². The van der Waals surface area contributed by atoms with Crippen molar-refractivity contribution in [2.75, 3.05) is 5.73 Å². The summed E-state index contributed by atoms with van der Waals surface area (Å²) >= 11 is 5.73. The molecule has 0 spiro atoms. The molecule has 68 valence electrons. The molecule has 0 aliphatic rings. The Labute approximate surface area is 75.3 Å². The Hall–Kier alpha value is -0.770. The fourth-order valence-electron chi connectivity index (χ4n) is 0.829. The zero-order valence-electron chi connectivity index (χ0n) is 7.23. The molecule has 0 saturated carbocycles. The normalized spacial score (nSPS) is 12.1. The van der Waals surface area contributed by atoms with Crippen LogP contribution in [0.25, 0.3) is 0 Å². The van der Waals surface area contributed by atoms with Gasteiger partial charge in [-0.1, -0.05) is 11.6 Å². The van der Waals surface area contributed by atoms with Crippen LogP contribution in [0.2, 0.25) is 5.15 Å². The summed E-state index contributed by atoms with van der Waals surface area (Å²) < 4.78 is 14.1. The third-order valence-electron chi connectivity index (χ3n) is 1.45. The third kappa shape index (κ3) is 1.39. The average Bonchev–Trinajstić information content (AvgIpc) is 2.15. The second-order valence-electron chi connectivity index (χ2n) is 3.58. The first kappa shape index (κ1) is 9.32. The molecule has 0 radical (unpaired) electrons. The Morgan fingerprint density at radius 3 is 2.17 bits per heavy atom. The van der Waals surface area contributed by atoms with E-state index in [1.807, 2.05) is 20.8 Å². The van der Waals surface area contributed by atoms with Crippen molar-refractivity contribution in [2.24, 2.45) is 0 Å². The molecule has 0 unspecified atom stereocenters. The summed E-state index contributed by atoms with van der Waals surface area (Å²) in [6, 6.07) is 0. The Balaban J connectivity index is 3.28. The molecular weight excluding hydrogens is 181 g/mol. The van der Waals surface area contributed by atoms with Crippen LogP contribution < -0.4 is 5.73 Å². The van der Waals surface area contributed by atoms with Crippen LogP contribution in [0.1, 0.15) is 20.8 Å². The maximum atomic E-state index is 12.8. The minimum Gasteiger partial charge on any atom is -0.392 e. The fourth-order valence-corrected chi connectivity index (χ4v) is 1.20. The van der Waals surface area contributed by atoms with Gasteiger partial charge in [0.05, 0.1) is 5.54 Å². The lowest BCUT2D eigenvalue weighted by Gasteiger charge is -2.19. The van der Waals surface area contributed by atoms with Gasteiger partial charge in [-0.25, -0.2) is 4.68 Å². The minimum absolute atomic E-state index is 0.0911. The van der Waals surface area contributed by atoms with Crippen LogP contribution in [0, 0.1) is 5.95 Å². The lowest BCUT2D eigenvalue weighted by Crippen LogP contribution is -2.23. The smallest absolute Gasteiger partial charge is 0.257 e. The fraction of sp³-hybridized carbons (Fsp3) is 0.571. The average molecular weight is 192 g/mol. The van der Waals surface area contributed by atoms with Crippen molar-refractivity contribution in [3.05, 3.63) is 11.1 Å². The van der Waals surface area contributed by atoms with Gasteiger partial charge in [0.1, 0.15) is 5.69 Å². The standard InChI is InChI=1S/C7H11ClFN3/c1-7(2,3)12-5(8)4(10)6(9)11-12/h10H2,1-3H3. The highest BCUT2D eigenvalue weighted by Crippen LogP contribution is 2.26. The Morgan fingerprint density at radius 1 is 1.50 bits per heavy atom. The molecule has 0 bridgehead atoms.